The van der Waals surface area contributed by atoms with E-state index < -0.39 is 12.1 Å². The van der Waals surface area contributed by atoms with E-state index in [0.29, 0.717) is 23.7 Å². The van der Waals surface area contributed by atoms with Gasteiger partial charge in [-0.25, -0.2) is 4.98 Å². The molecule has 2 aliphatic heterocycles. The smallest absolute Gasteiger partial charge is 0.495 e. The van der Waals surface area contributed by atoms with Gasteiger partial charge in [-0.1, -0.05) is 25.1 Å². The van der Waals surface area contributed by atoms with E-state index in [4.69, 9.17) is 9.57 Å². The van der Waals surface area contributed by atoms with Crippen LogP contribution in [0.15, 0.2) is 65.7 Å². The highest BCUT2D eigenvalue weighted by Gasteiger charge is 2.45. The van der Waals surface area contributed by atoms with Crippen molar-refractivity contribution in [3.05, 3.63) is 77.4 Å². The van der Waals surface area contributed by atoms with Crippen molar-refractivity contribution in [1.82, 2.24) is 14.5 Å². The molecule has 7 nitrogen and oxygen atoms in total. The van der Waals surface area contributed by atoms with Gasteiger partial charge in [0, 0.05) is 25.2 Å². The van der Waals surface area contributed by atoms with E-state index in [1.54, 1.807) is 25.6 Å². The van der Waals surface area contributed by atoms with Crippen LogP contribution in [0.3, 0.4) is 0 Å². The van der Waals surface area contributed by atoms with Crippen LogP contribution in [0.2, 0.25) is 0 Å². The number of piperidine rings is 1. The number of rotatable bonds is 5. The van der Waals surface area contributed by atoms with Crippen molar-refractivity contribution in [2.24, 2.45) is 5.16 Å². The number of ether oxygens (including phenoxy) is 2. The Morgan fingerprint density at radius 1 is 1.11 bits per heavy atom. The van der Waals surface area contributed by atoms with E-state index in [1.165, 1.54) is 12.1 Å². The minimum atomic E-state index is -4.74. The van der Waals surface area contributed by atoms with Crippen LogP contribution in [-0.2, 0) is 10.6 Å². The number of nitrogens with zero attached hydrogens (tertiary/aromatic N) is 4. The average molecular weight is 529 g/mol. The minimum absolute atomic E-state index is 0.281. The zero-order valence-electron chi connectivity index (χ0n) is 22.0. The Labute approximate surface area is 220 Å². The van der Waals surface area contributed by atoms with Gasteiger partial charge in [0.2, 0.25) is 5.72 Å². The van der Waals surface area contributed by atoms with Crippen LogP contribution < -0.4 is 9.47 Å². The summed E-state index contributed by atoms with van der Waals surface area (Å²) >= 11 is 0. The van der Waals surface area contributed by atoms with Gasteiger partial charge in [-0.05, 0) is 73.4 Å². The molecule has 0 amide bonds. The van der Waals surface area contributed by atoms with Crippen molar-refractivity contribution < 1.29 is 27.5 Å². The lowest BCUT2D eigenvalue weighted by atomic mass is 9.95. The second kappa shape index (κ2) is 10.8. The minimum Gasteiger partial charge on any atom is -0.495 e. The first kappa shape index (κ1) is 27.1. The molecule has 2 aliphatic rings. The van der Waals surface area contributed by atoms with Crippen LogP contribution >= 0.6 is 0 Å². The molecule has 1 saturated heterocycles. The highest BCUT2D eigenvalue weighted by molar-refractivity contribution is 6.03. The van der Waals surface area contributed by atoms with Gasteiger partial charge >= 0.3 is 6.36 Å². The molecule has 38 heavy (non-hydrogen) atoms. The fraction of sp³-hybridized carbons (Fsp3) is 0.357. The second-order valence-corrected chi connectivity index (χ2v) is 8.84. The lowest BCUT2D eigenvalue weighted by Gasteiger charge is -2.37. The fourth-order valence-electron chi connectivity index (χ4n) is 4.59. The summed E-state index contributed by atoms with van der Waals surface area (Å²) in [6.45, 7) is 8.49. The number of imidazole rings is 1. The second-order valence-electron chi connectivity index (χ2n) is 8.84. The van der Waals surface area contributed by atoms with Gasteiger partial charge in [0.25, 0.3) is 0 Å². The molecule has 0 spiro atoms. The van der Waals surface area contributed by atoms with Crippen molar-refractivity contribution in [1.29, 1.82) is 0 Å². The number of alkyl halides is 3. The van der Waals surface area contributed by atoms with E-state index in [1.807, 2.05) is 61.6 Å². The molecule has 2 aromatic carbocycles. The predicted molar refractivity (Wildman–Crippen MR) is 139 cm³/mol. The largest absolute Gasteiger partial charge is 0.573 e. The maximum atomic E-state index is 12.5. The number of benzene rings is 2. The molecule has 202 valence electrons. The van der Waals surface area contributed by atoms with E-state index in [0.717, 1.165) is 35.4 Å². The standard InChI is InChI=1S/C26H25F3N4O3.C2H6/c1-17-15-32(16-30-17)22-11-6-18(14-23(22)34-3)13-19-5-4-12-33-24(19)31-36-25(33,2)20-7-9-21(10-8-20)35-26(27,28)29;1-2/h6-11,13-16H,4-5,12H2,1-3H3;1-2H3/b19-13+;. The number of aromatic nitrogens is 2. The van der Waals surface area contributed by atoms with E-state index in [9.17, 15) is 13.2 Å². The first-order valence-electron chi connectivity index (χ1n) is 12.5. The number of methoxy groups -OCH3 is 1. The Kier molecular flexibility index (Phi) is 7.71. The first-order valence-corrected chi connectivity index (χ1v) is 12.5. The fourth-order valence-corrected chi connectivity index (χ4v) is 4.59. The van der Waals surface area contributed by atoms with E-state index in [2.05, 4.69) is 21.0 Å². The number of hydrogen-bond acceptors (Lipinski definition) is 6. The predicted octanol–water partition coefficient (Wildman–Crippen LogP) is 6.81. The number of fused-ring (bicyclic) bond motifs is 1. The monoisotopic (exact) mass is 528 g/mol. The van der Waals surface area contributed by atoms with Crippen molar-refractivity contribution >= 4 is 11.9 Å². The Bertz CT molecular complexity index is 1330. The molecule has 0 N–H and O–H groups in total. The number of oxime groups is 1. The molecular formula is C28H31F3N4O3. The van der Waals surface area contributed by atoms with Gasteiger partial charge in [-0.15, -0.1) is 13.2 Å². The maximum Gasteiger partial charge on any atom is 0.573 e. The Morgan fingerprint density at radius 2 is 1.84 bits per heavy atom. The summed E-state index contributed by atoms with van der Waals surface area (Å²) in [5, 5.41) is 4.38. The van der Waals surface area contributed by atoms with Gasteiger partial charge in [0.15, 0.2) is 5.84 Å². The van der Waals surface area contributed by atoms with E-state index >= 15 is 0 Å². The number of amidine groups is 1. The highest BCUT2D eigenvalue weighted by Crippen LogP contribution is 2.41. The molecule has 3 heterocycles. The molecule has 3 aromatic rings. The number of aryl methyl sites for hydroxylation is 1. The van der Waals surface area contributed by atoms with Crippen molar-refractivity contribution in [2.45, 2.75) is 52.6 Å². The first-order chi connectivity index (χ1) is 18.2. The van der Waals surface area contributed by atoms with Gasteiger partial charge in [0.05, 0.1) is 24.8 Å². The van der Waals surface area contributed by atoms with Crippen LogP contribution in [0.4, 0.5) is 13.2 Å². The summed E-state index contributed by atoms with van der Waals surface area (Å²) in [6, 6.07) is 11.7. The Hall–Kier alpha value is -3.95. The third-order valence-corrected chi connectivity index (χ3v) is 6.35. The molecule has 5 rings (SSSR count). The molecule has 0 aliphatic carbocycles. The molecule has 0 saturated carbocycles. The summed E-state index contributed by atoms with van der Waals surface area (Å²) < 4.78 is 49.1. The van der Waals surface area contributed by atoms with Crippen LogP contribution in [0.1, 0.15) is 50.4 Å². The van der Waals surface area contributed by atoms with Gasteiger partial charge < -0.3 is 23.8 Å². The molecular weight excluding hydrogens is 497 g/mol. The molecule has 1 atom stereocenters. The maximum absolute atomic E-state index is 12.5. The quantitative estimate of drug-likeness (QED) is 0.364. The lowest BCUT2D eigenvalue weighted by Crippen LogP contribution is -2.46. The summed E-state index contributed by atoms with van der Waals surface area (Å²) in [4.78, 5) is 12.2. The van der Waals surface area contributed by atoms with Crippen LogP contribution in [-0.4, -0.2) is 40.3 Å². The van der Waals surface area contributed by atoms with Crippen molar-refractivity contribution in [2.75, 3.05) is 13.7 Å². The van der Waals surface area contributed by atoms with Crippen LogP contribution in [0.5, 0.6) is 11.5 Å². The third kappa shape index (κ3) is 5.49. The summed E-state index contributed by atoms with van der Waals surface area (Å²) in [6.07, 6.45) is 2.70. The normalized spacial score (nSPS) is 19.7. The molecule has 0 radical (unpaired) electrons. The SMILES string of the molecule is CC.COc1cc(/C=C2\CCCN3C2=NOC3(C)c2ccc(OC(F)(F)F)cc2)ccc1-n1cnc(C)c1. The van der Waals surface area contributed by atoms with Crippen molar-refractivity contribution in [3.8, 4) is 17.2 Å². The molecule has 1 aromatic heterocycles. The number of hydrogen-bond donors (Lipinski definition) is 0. The highest BCUT2D eigenvalue weighted by atomic mass is 19.4. The van der Waals surface area contributed by atoms with E-state index in [-0.39, 0.29) is 5.75 Å². The molecule has 1 unspecified atom stereocenters. The summed E-state index contributed by atoms with van der Waals surface area (Å²) in [5.74, 6) is 1.15. The Balaban J connectivity index is 0.00000164. The molecule has 10 heteroatoms. The lowest BCUT2D eigenvalue weighted by molar-refractivity contribution is -0.274. The summed E-state index contributed by atoms with van der Waals surface area (Å²) in [7, 11) is 1.63. The van der Waals surface area contributed by atoms with Gasteiger partial charge in [0.1, 0.15) is 11.5 Å². The molecule has 0 bridgehead atoms. The topological polar surface area (TPSA) is 61.1 Å². The molecule has 1 fully saturated rings. The average Bonchev–Trinajstić information content (AvgIpc) is 3.49. The van der Waals surface area contributed by atoms with Crippen LogP contribution in [0.25, 0.3) is 11.8 Å². The third-order valence-electron chi connectivity index (χ3n) is 6.35. The zero-order chi connectivity index (χ0) is 27.5. The van der Waals surface area contributed by atoms with Crippen molar-refractivity contribution in [3.63, 3.8) is 0 Å². The van der Waals surface area contributed by atoms with Crippen LogP contribution in [0, 0.1) is 6.92 Å². The number of halogens is 3. The summed E-state index contributed by atoms with van der Waals surface area (Å²) in [5.41, 5.74) is 3.50. The Morgan fingerprint density at radius 3 is 2.47 bits per heavy atom. The van der Waals surface area contributed by atoms with Gasteiger partial charge in [-0.2, -0.15) is 0 Å². The van der Waals surface area contributed by atoms with Gasteiger partial charge in [-0.3, -0.25) is 0 Å². The zero-order valence-corrected chi connectivity index (χ0v) is 22.0.